The van der Waals surface area contributed by atoms with E-state index in [-0.39, 0.29) is 11.7 Å². The molecule has 1 unspecified atom stereocenters. The Balaban J connectivity index is 2.05. The van der Waals surface area contributed by atoms with E-state index in [0.29, 0.717) is 5.82 Å². The topological polar surface area (TPSA) is 77.0 Å². The van der Waals surface area contributed by atoms with Crippen LogP contribution in [0.3, 0.4) is 0 Å². The Labute approximate surface area is 114 Å². The van der Waals surface area contributed by atoms with Crippen molar-refractivity contribution >= 4 is 23.1 Å². The van der Waals surface area contributed by atoms with E-state index in [1.807, 2.05) is 19.2 Å². The van der Waals surface area contributed by atoms with E-state index in [1.54, 1.807) is 11.3 Å². The highest BCUT2D eigenvalue weighted by Gasteiger charge is 2.11. The number of nitrogens with one attached hydrogen (secondary N) is 1. The first-order valence-corrected chi connectivity index (χ1v) is 6.57. The molecule has 0 bridgehead atoms. The van der Waals surface area contributed by atoms with E-state index in [9.17, 15) is 4.79 Å². The number of carbonyl (C=O) groups excluding carboxylic acids is 1. The number of carbonyl (C=O) groups is 1. The van der Waals surface area contributed by atoms with Gasteiger partial charge in [-0.15, -0.1) is 11.3 Å². The Morgan fingerprint density at radius 3 is 2.74 bits per heavy atom. The summed E-state index contributed by atoms with van der Waals surface area (Å²) in [5.41, 5.74) is 1.19. The number of esters is 1. The van der Waals surface area contributed by atoms with Crippen molar-refractivity contribution in [2.45, 2.75) is 19.9 Å². The van der Waals surface area contributed by atoms with Crippen LogP contribution in [0.1, 0.15) is 34.2 Å². The second-order valence-corrected chi connectivity index (χ2v) is 4.86. The number of aryl methyl sites for hydroxylation is 1. The fraction of sp³-hybridized carbons (Fsp3) is 0.333. The Morgan fingerprint density at radius 1 is 1.42 bits per heavy atom. The van der Waals surface area contributed by atoms with Crippen LogP contribution in [0.4, 0.5) is 5.82 Å². The van der Waals surface area contributed by atoms with Gasteiger partial charge in [0, 0.05) is 11.1 Å². The van der Waals surface area contributed by atoms with Crippen LogP contribution in [0.5, 0.6) is 0 Å². The van der Waals surface area contributed by atoms with Gasteiger partial charge >= 0.3 is 5.97 Å². The number of ether oxygens (including phenoxy) is 1. The van der Waals surface area contributed by atoms with Gasteiger partial charge < -0.3 is 10.1 Å². The van der Waals surface area contributed by atoms with Gasteiger partial charge in [-0.25, -0.2) is 19.7 Å². The van der Waals surface area contributed by atoms with Gasteiger partial charge in [-0.3, -0.25) is 0 Å². The molecule has 2 aromatic heterocycles. The Kier molecular flexibility index (Phi) is 4.06. The third-order valence-electron chi connectivity index (χ3n) is 2.42. The van der Waals surface area contributed by atoms with Crippen molar-refractivity contribution in [3.05, 3.63) is 34.2 Å². The number of methoxy groups -OCH3 is 1. The molecule has 19 heavy (non-hydrogen) atoms. The standard InChI is InChI=1S/C12H14N4O2S/c1-7-6-19-11(15-7)8(2)16-10-5-13-9(4-14-10)12(17)18-3/h4-6,8H,1-3H3,(H,14,16). The van der Waals surface area contributed by atoms with Crippen molar-refractivity contribution < 1.29 is 9.53 Å². The molecule has 0 spiro atoms. The van der Waals surface area contributed by atoms with Gasteiger partial charge in [-0.2, -0.15) is 0 Å². The van der Waals surface area contributed by atoms with Gasteiger partial charge in [0.15, 0.2) is 5.69 Å². The molecule has 1 N–H and O–H groups in total. The number of anilines is 1. The molecule has 0 aliphatic rings. The maximum atomic E-state index is 11.2. The fourth-order valence-corrected chi connectivity index (χ4v) is 2.27. The zero-order chi connectivity index (χ0) is 13.8. The normalized spacial score (nSPS) is 11.9. The summed E-state index contributed by atoms with van der Waals surface area (Å²) in [5.74, 6) is 0.0932. The van der Waals surface area contributed by atoms with Crippen LogP contribution in [0.15, 0.2) is 17.8 Å². The average molecular weight is 278 g/mol. The SMILES string of the molecule is COC(=O)c1cnc(NC(C)c2nc(C)cs2)cn1. The fourth-order valence-electron chi connectivity index (χ4n) is 1.47. The van der Waals surface area contributed by atoms with Crippen LogP contribution in [-0.4, -0.2) is 28.0 Å². The van der Waals surface area contributed by atoms with Gasteiger partial charge in [-0.1, -0.05) is 0 Å². The lowest BCUT2D eigenvalue weighted by Gasteiger charge is -2.11. The molecule has 100 valence electrons. The predicted octanol–water partition coefficient (Wildman–Crippen LogP) is 2.20. The molecular weight excluding hydrogens is 264 g/mol. The summed E-state index contributed by atoms with van der Waals surface area (Å²) >= 11 is 1.59. The maximum Gasteiger partial charge on any atom is 0.358 e. The third-order valence-corrected chi connectivity index (χ3v) is 3.56. The molecule has 1 atom stereocenters. The molecule has 2 aromatic rings. The highest BCUT2D eigenvalue weighted by atomic mass is 32.1. The monoisotopic (exact) mass is 278 g/mol. The third kappa shape index (κ3) is 3.25. The van der Waals surface area contributed by atoms with Gasteiger partial charge in [0.25, 0.3) is 0 Å². The van der Waals surface area contributed by atoms with Crippen LogP contribution < -0.4 is 5.32 Å². The van der Waals surface area contributed by atoms with Crippen LogP contribution in [0.25, 0.3) is 0 Å². The second-order valence-electron chi connectivity index (χ2n) is 3.97. The summed E-state index contributed by atoms with van der Waals surface area (Å²) in [6.07, 6.45) is 2.89. The van der Waals surface area contributed by atoms with Gasteiger partial charge in [0.05, 0.1) is 25.5 Å². The number of hydrogen-bond acceptors (Lipinski definition) is 7. The highest BCUT2D eigenvalue weighted by molar-refractivity contribution is 7.09. The van der Waals surface area contributed by atoms with Crippen molar-refractivity contribution in [1.82, 2.24) is 15.0 Å². The molecule has 7 heteroatoms. The van der Waals surface area contributed by atoms with Crippen molar-refractivity contribution in [3.63, 3.8) is 0 Å². The lowest BCUT2D eigenvalue weighted by Crippen LogP contribution is -2.10. The van der Waals surface area contributed by atoms with Crippen LogP contribution in [0, 0.1) is 6.92 Å². The smallest absolute Gasteiger partial charge is 0.358 e. The molecule has 0 fully saturated rings. The number of thiazole rings is 1. The number of rotatable bonds is 4. The van der Waals surface area contributed by atoms with Gasteiger partial charge in [0.2, 0.25) is 0 Å². The maximum absolute atomic E-state index is 11.2. The molecule has 2 heterocycles. The van der Waals surface area contributed by atoms with E-state index >= 15 is 0 Å². The lowest BCUT2D eigenvalue weighted by atomic mass is 10.3. The minimum atomic E-state index is -0.498. The number of hydrogen-bond donors (Lipinski definition) is 1. The van der Waals surface area contributed by atoms with E-state index in [1.165, 1.54) is 19.5 Å². The Hall–Kier alpha value is -2.02. The van der Waals surface area contributed by atoms with Crippen LogP contribution >= 0.6 is 11.3 Å². The molecule has 0 saturated heterocycles. The second kappa shape index (κ2) is 5.75. The zero-order valence-electron chi connectivity index (χ0n) is 10.9. The summed E-state index contributed by atoms with van der Waals surface area (Å²) in [6.45, 7) is 3.95. The predicted molar refractivity (Wildman–Crippen MR) is 72.3 cm³/mol. The Bertz CT molecular complexity index is 567. The van der Waals surface area contributed by atoms with Crippen molar-refractivity contribution in [3.8, 4) is 0 Å². The van der Waals surface area contributed by atoms with Crippen molar-refractivity contribution in [1.29, 1.82) is 0 Å². The van der Waals surface area contributed by atoms with Crippen LogP contribution in [0.2, 0.25) is 0 Å². The summed E-state index contributed by atoms with van der Waals surface area (Å²) in [7, 11) is 1.31. The largest absolute Gasteiger partial charge is 0.464 e. The van der Waals surface area contributed by atoms with Gasteiger partial charge in [0.1, 0.15) is 10.8 Å². The molecule has 0 aliphatic carbocycles. The van der Waals surface area contributed by atoms with E-state index in [4.69, 9.17) is 0 Å². The molecule has 0 saturated carbocycles. The summed E-state index contributed by atoms with van der Waals surface area (Å²) in [5, 5.41) is 6.16. The number of aromatic nitrogens is 3. The molecule has 0 radical (unpaired) electrons. The van der Waals surface area contributed by atoms with E-state index < -0.39 is 5.97 Å². The van der Waals surface area contributed by atoms with Crippen molar-refractivity contribution in [2.75, 3.05) is 12.4 Å². The minimum Gasteiger partial charge on any atom is -0.464 e. The lowest BCUT2D eigenvalue weighted by molar-refractivity contribution is 0.0593. The van der Waals surface area contributed by atoms with Gasteiger partial charge in [-0.05, 0) is 13.8 Å². The molecule has 6 nitrogen and oxygen atoms in total. The van der Waals surface area contributed by atoms with Crippen LogP contribution in [-0.2, 0) is 4.74 Å². The van der Waals surface area contributed by atoms with Crippen molar-refractivity contribution in [2.24, 2.45) is 0 Å². The molecular formula is C12H14N4O2S. The first-order chi connectivity index (χ1) is 9.10. The average Bonchev–Trinajstić information content (AvgIpc) is 2.85. The molecule has 2 rings (SSSR count). The Morgan fingerprint density at radius 2 is 2.21 bits per heavy atom. The minimum absolute atomic E-state index is 0.0389. The summed E-state index contributed by atoms with van der Waals surface area (Å²) in [6, 6.07) is 0.0389. The van der Waals surface area contributed by atoms with E-state index in [2.05, 4.69) is 25.0 Å². The first-order valence-electron chi connectivity index (χ1n) is 5.69. The van der Waals surface area contributed by atoms with E-state index in [0.717, 1.165) is 10.7 Å². The summed E-state index contributed by atoms with van der Waals surface area (Å²) < 4.78 is 4.56. The summed E-state index contributed by atoms with van der Waals surface area (Å²) in [4.78, 5) is 23.7. The molecule has 0 aliphatic heterocycles. The molecule has 0 amide bonds. The quantitative estimate of drug-likeness (QED) is 0.864. The zero-order valence-corrected chi connectivity index (χ0v) is 11.7. The molecule has 0 aromatic carbocycles. The highest BCUT2D eigenvalue weighted by Crippen LogP contribution is 2.20. The number of nitrogens with zero attached hydrogens (tertiary/aromatic N) is 3. The first kappa shape index (κ1) is 13.4.